The van der Waals surface area contributed by atoms with E-state index in [0.29, 0.717) is 17.8 Å². The molecule has 0 aliphatic carbocycles. The van der Waals surface area contributed by atoms with Gasteiger partial charge in [0.05, 0.1) is 6.61 Å². The summed E-state index contributed by atoms with van der Waals surface area (Å²) in [6.45, 7) is 6.90. The highest BCUT2D eigenvalue weighted by molar-refractivity contribution is 5.18. The number of aromatic nitrogens is 3. The lowest BCUT2D eigenvalue weighted by molar-refractivity contribution is -0.0542. The molecule has 3 heterocycles. The van der Waals surface area contributed by atoms with Gasteiger partial charge in [-0.05, 0) is 19.4 Å². The minimum atomic E-state index is -0.0721. The van der Waals surface area contributed by atoms with Crippen LogP contribution in [0.2, 0.25) is 0 Å². The predicted molar refractivity (Wildman–Crippen MR) is 71.6 cm³/mol. The van der Waals surface area contributed by atoms with Gasteiger partial charge in [-0.15, -0.1) is 0 Å². The fraction of sp³-hybridized carbons (Fsp3) is 0.769. The summed E-state index contributed by atoms with van der Waals surface area (Å²) in [6, 6.07) is 0.583. The Bertz CT molecular complexity index is 464. The molecule has 2 aliphatic heterocycles. The standard InChI is InChI=1S/C13H21N5O/c1-8(2)11-15-12(17-13(14)16-11)10-6-18-5-3-4-9(18)7-19-10/h8-10H,3-7H2,1-2H3,(H2,14,15,16,17). The Morgan fingerprint density at radius 3 is 2.95 bits per heavy atom. The van der Waals surface area contributed by atoms with E-state index in [9.17, 15) is 0 Å². The average Bonchev–Trinajstić information content (AvgIpc) is 2.85. The molecule has 0 aromatic carbocycles. The lowest BCUT2D eigenvalue weighted by Crippen LogP contribution is -2.43. The van der Waals surface area contributed by atoms with Crippen LogP contribution < -0.4 is 5.73 Å². The van der Waals surface area contributed by atoms with Crippen molar-refractivity contribution in [2.45, 2.75) is 44.8 Å². The third kappa shape index (κ3) is 2.55. The van der Waals surface area contributed by atoms with E-state index in [0.717, 1.165) is 25.5 Å². The molecule has 0 spiro atoms. The topological polar surface area (TPSA) is 77.2 Å². The lowest BCUT2D eigenvalue weighted by atomic mass is 10.1. The summed E-state index contributed by atoms with van der Waals surface area (Å²) in [4.78, 5) is 15.4. The number of anilines is 1. The van der Waals surface area contributed by atoms with Crippen LogP contribution in [-0.2, 0) is 4.74 Å². The van der Waals surface area contributed by atoms with E-state index < -0.39 is 0 Å². The van der Waals surface area contributed by atoms with Crippen molar-refractivity contribution in [3.8, 4) is 0 Å². The van der Waals surface area contributed by atoms with Crippen molar-refractivity contribution >= 4 is 5.95 Å². The molecule has 6 heteroatoms. The molecule has 2 N–H and O–H groups in total. The number of rotatable bonds is 2. The van der Waals surface area contributed by atoms with E-state index in [-0.39, 0.29) is 12.0 Å². The first-order valence-electron chi connectivity index (χ1n) is 7.00. The number of morpholine rings is 1. The highest BCUT2D eigenvalue weighted by Crippen LogP contribution is 2.29. The Hall–Kier alpha value is -1.27. The molecule has 2 fully saturated rings. The summed E-state index contributed by atoms with van der Waals surface area (Å²) >= 11 is 0. The zero-order chi connectivity index (χ0) is 13.4. The third-order valence-electron chi connectivity index (χ3n) is 3.88. The number of nitrogen functional groups attached to an aromatic ring is 1. The second kappa shape index (κ2) is 5.02. The van der Waals surface area contributed by atoms with Gasteiger partial charge in [0.25, 0.3) is 0 Å². The van der Waals surface area contributed by atoms with E-state index in [2.05, 4.69) is 33.7 Å². The highest BCUT2D eigenvalue weighted by Gasteiger charge is 2.34. The maximum absolute atomic E-state index is 5.92. The Balaban J connectivity index is 1.81. The number of hydrogen-bond donors (Lipinski definition) is 1. The molecular formula is C13H21N5O. The number of fused-ring (bicyclic) bond motifs is 1. The molecule has 2 aliphatic rings. The molecule has 0 amide bonds. The predicted octanol–water partition coefficient (Wildman–Crippen LogP) is 1.11. The molecule has 2 saturated heterocycles. The van der Waals surface area contributed by atoms with Gasteiger partial charge in [0.2, 0.25) is 5.95 Å². The van der Waals surface area contributed by atoms with Crippen molar-refractivity contribution in [2.75, 3.05) is 25.4 Å². The van der Waals surface area contributed by atoms with Gasteiger partial charge < -0.3 is 10.5 Å². The molecule has 0 bridgehead atoms. The van der Waals surface area contributed by atoms with Gasteiger partial charge in [-0.2, -0.15) is 9.97 Å². The van der Waals surface area contributed by atoms with Crippen LogP contribution >= 0.6 is 0 Å². The van der Waals surface area contributed by atoms with Crippen LogP contribution in [0, 0.1) is 0 Å². The monoisotopic (exact) mass is 263 g/mol. The molecule has 19 heavy (non-hydrogen) atoms. The molecule has 2 unspecified atom stereocenters. The van der Waals surface area contributed by atoms with E-state index in [1.165, 1.54) is 12.8 Å². The molecule has 0 radical (unpaired) electrons. The number of ether oxygens (including phenoxy) is 1. The van der Waals surface area contributed by atoms with Crippen LogP contribution in [0.1, 0.15) is 50.4 Å². The number of nitrogens with zero attached hydrogens (tertiary/aromatic N) is 4. The van der Waals surface area contributed by atoms with Crippen molar-refractivity contribution in [3.63, 3.8) is 0 Å². The third-order valence-corrected chi connectivity index (χ3v) is 3.88. The molecule has 2 atom stereocenters. The Morgan fingerprint density at radius 1 is 1.32 bits per heavy atom. The first-order chi connectivity index (χ1) is 9.13. The van der Waals surface area contributed by atoms with Gasteiger partial charge >= 0.3 is 0 Å². The Kier molecular flexibility index (Phi) is 3.36. The van der Waals surface area contributed by atoms with E-state index in [4.69, 9.17) is 10.5 Å². The minimum absolute atomic E-state index is 0.0721. The summed E-state index contributed by atoms with van der Waals surface area (Å²) in [6.07, 6.45) is 2.43. The van der Waals surface area contributed by atoms with Crippen LogP contribution in [0.5, 0.6) is 0 Å². The molecule has 1 aromatic rings. The summed E-state index contributed by atoms with van der Waals surface area (Å²) in [5, 5.41) is 0. The zero-order valence-corrected chi connectivity index (χ0v) is 11.5. The fourth-order valence-corrected chi connectivity index (χ4v) is 2.80. The van der Waals surface area contributed by atoms with Crippen LogP contribution in [0.25, 0.3) is 0 Å². The van der Waals surface area contributed by atoms with Crippen molar-refractivity contribution in [3.05, 3.63) is 11.6 Å². The SMILES string of the molecule is CC(C)c1nc(N)nc(C2CN3CCCC3CO2)n1. The maximum atomic E-state index is 5.92. The normalized spacial score (nSPS) is 27.7. The fourth-order valence-electron chi connectivity index (χ4n) is 2.80. The van der Waals surface area contributed by atoms with Gasteiger partial charge in [-0.3, -0.25) is 4.90 Å². The average molecular weight is 263 g/mol. The molecule has 3 rings (SSSR count). The van der Waals surface area contributed by atoms with Crippen molar-refractivity contribution in [1.29, 1.82) is 0 Å². The van der Waals surface area contributed by atoms with Crippen LogP contribution in [0.15, 0.2) is 0 Å². The Labute approximate surface area is 113 Å². The van der Waals surface area contributed by atoms with Gasteiger partial charge in [-0.25, -0.2) is 4.98 Å². The number of nitrogens with two attached hydrogens (primary N) is 1. The first kappa shape index (κ1) is 12.7. The first-order valence-corrected chi connectivity index (χ1v) is 7.00. The number of hydrogen-bond acceptors (Lipinski definition) is 6. The Morgan fingerprint density at radius 2 is 2.16 bits per heavy atom. The van der Waals surface area contributed by atoms with Crippen molar-refractivity contribution in [1.82, 2.24) is 19.9 Å². The summed E-state index contributed by atoms with van der Waals surface area (Å²) < 4.78 is 5.92. The van der Waals surface area contributed by atoms with Gasteiger partial charge in [0, 0.05) is 18.5 Å². The summed E-state index contributed by atoms with van der Waals surface area (Å²) in [5.41, 5.74) is 5.78. The van der Waals surface area contributed by atoms with E-state index >= 15 is 0 Å². The quantitative estimate of drug-likeness (QED) is 0.861. The van der Waals surface area contributed by atoms with Crippen LogP contribution in [-0.4, -0.2) is 45.6 Å². The highest BCUT2D eigenvalue weighted by atomic mass is 16.5. The zero-order valence-electron chi connectivity index (χ0n) is 11.5. The lowest BCUT2D eigenvalue weighted by Gasteiger charge is -2.34. The van der Waals surface area contributed by atoms with E-state index in [1.807, 2.05) is 0 Å². The molecule has 0 saturated carbocycles. The molecular weight excluding hydrogens is 242 g/mol. The van der Waals surface area contributed by atoms with Crippen molar-refractivity contribution < 1.29 is 4.74 Å². The van der Waals surface area contributed by atoms with Crippen LogP contribution in [0.3, 0.4) is 0 Å². The largest absolute Gasteiger partial charge is 0.368 e. The summed E-state index contributed by atoms with van der Waals surface area (Å²) in [7, 11) is 0. The minimum Gasteiger partial charge on any atom is -0.368 e. The van der Waals surface area contributed by atoms with Crippen LogP contribution in [0.4, 0.5) is 5.95 Å². The van der Waals surface area contributed by atoms with Gasteiger partial charge in [-0.1, -0.05) is 13.8 Å². The molecule has 1 aromatic heterocycles. The maximum Gasteiger partial charge on any atom is 0.223 e. The van der Waals surface area contributed by atoms with E-state index in [1.54, 1.807) is 0 Å². The molecule has 104 valence electrons. The van der Waals surface area contributed by atoms with Gasteiger partial charge in [0.15, 0.2) is 5.82 Å². The second-order valence-electron chi connectivity index (χ2n) is 5.68. The second-order valence-corrected chi connectivity index (χ2v) is 5.68. The smallest absolute Gasteiger partial charge is 0.223 e. The molecule has 6 nitrogen and oxygen atoms in total. The summed E-state index contributed by atoms with van der Waals surface area (Å²) in [5.74, 6) is 1.96. The van der Waals surface area contributed by atoms with Gasteiger partial charge in [0.1, 0.15) is 11.9 Å². The van der Waals surface area contributed by atoms with Crippen molar-refractivity contribution in [2.24, 2.45) is 0 Å².